The molecule has 18 heavy (non-hydrogen) atoms. The number of fused-ring (bicyclic) bond motifs is 1. The number of nitrogens with zero attached hydrogens (tertiary/aromatic N) is 2. The largest absolute Gasteiger partial charge is 0.508 e. The van der Waals surface area contributed by atoms with Gasteiger partial charge >= 0.3 is 0 Å². The van der Waals surface area contributed by atoms with Gasteiger partial charge < -0.3 is 10.8 Å². The Kier molecular flexibility index (Phi) is 2.38. The molecule has 0 aliphatic heterocycles. The summed E-state index contributed by atoms with van der Waals surface area (Å²) in [6, 6.07) is 10.4. The van der Waals surface area contributed by atoms with E-state index in [1.165, 1.54) is 0 Å². The second-order valence-corrected chi connectivity index (χ2v) is 4.35. The van der Waals surface area contributed by atoms with Crippen LogP contribution in [-0.2, 0) is 0 Å². The molecule has 0 radical (unpaired) electrons. The summed E-state index contributed by atoms with van der Waals surface area (Å²) in [5.74, 6) is 0.863. The average Bonchev–Trinajstić information content (AvgIpc) is 2.67. The van der Waals surface area contributed by atoms with Crippen LogP contribution in [0.4, 0.5) is 5.69 Å². The molecular weight excluding hydrogens is 250 g/mol. The first-order valence-electron chi connectivity index (χ1n) is 5.37. The lowest BCUT2D eigenvalue weighted by Gasteiger charge is -2.02. The number of benzene rings is 1. The number of nitrogens with two attached hydrogens (primary N) is 1. The summed E-state index contributed by atoms with van der Waals surface area (Å²) in [4.78, 5) is 4.30. The van der Waals surface area contributed by atoms with Crippen molar-refractivity contribution in [3.05, 3.63) is 47.7 Å². The zero-order valence-corrected chi connectivity index (χ0v) is 10.1. The Morgan fingerprint density at radius 1 is 1.22 bits per heavy atom. The van der Waals surface area contributed by atoms with E-state index in [0.717, 1.165) is 11.1 Å². The number of aromatic nitrogens is 2. The topological polar surface area (TPSA) is 63.5 Å². The molecule has 2 aromatic heterocycles. The molecule has 0 saturated carbocycles. The van der Waals surface area contributed by atoms with Crippen LogP contribution in [0.1, 0.15) is 0 Å². The fraction of sp³-hybridized carbons (Fsp3) is 0. The van der Waals surface area contributed by atoms with Gasteiger partial charge in [-0.2, -0.15) is 0 Å². The van der Waals surface area contributed by atoms with Crippen LogP contribution in [0.25, 0.3) is 16.9 Å². The fourth-order valence-corrected chi connectivity index (χ4v) is 2.14. The number of phenols is 1. The predicted octanol–water partition coefficient (Wildman–Crippen LogP) is 2.94. The Labute approximate surface area is 108 Å². The van der Waals surface area contributed by atoms with Crippen LogP contribution in [0.15, 0.2) is 42.6 Å². The van der Waals surface area contributed by atoms with E-state index in [9.17, 15) is 5.11 Å². The van der Waals surface area contributed by atoms with Crippen molar-refractivity contribution >= 4 is 22.8 Å². The first kappa shape index (κ1) is 10.9. The molecule has 90 valence electrons. The molecule has 0 unspecified atom stereocenters. The molecule has 0 fully saturated rings. The molecular formula is C13H10ClN3O. The number of hydrogen-bond acceptors (Lipinski definition) is 3. The lowest BCUT2D eigenvalue weighted by molar-refractivity contribution is 0.475. The van der Waals surface area contributed by atoms with Crippen molar-refractivity contribution in [2.45, 2.75) is 0 Å². The van der Waals surface area contributed by atoms with E-state index in [1.54, 1.807) is 30.3 Å². The molecule has 0 aliphatic carbocycles. The zero-order chi connectivity index (χ0) is 12.7. The molecule has 3 rings (SSSR count). The molecule has 3 aromatic rings. The number of anilines is 1. The predicted molar refractivity (Wildman–Crippen MR) is 71.7 cm³/mol. The summed E-state index contributed by atoms with van der Waals surface area (Å²) in [5.41, 5.74) is 7.89. The highest BCUT2D eigenvalue weighted by Gasteiger charge is 2.11. The Bertz CT molecular complexity index is 736. The van der Waals surface area contributed by atoms with Crippen LogP contribution >= 0.6 is 11.6 Å². The van der Waals surface area contributed by atoms with Crippen molar-refractivity contribution in [3.8, 4) is 17.1 Å². The molecule has 2 heterocycles. The minimum Gasteiger partial charge on any atom is -0.508 e. The Morgan fingerprint density at radius 3 is 2.83 bits per heavy atom. The lowest BCUT2D eigenvalue weighted by Crippen LogP contribution is -1.91. The van der Waals surface area contributed by atoms with E-state index in [0.29, 0.717) is 16.7 Å². The maximum absolute atomic E-state index is 9.51. The SMILES string of the molecule is Nc1ccn2c(-c3cccc(O)c3)nc(Cl)c2c1. The molecule has 0 spiro atoms. The molecule has 1 aromatic carbocycles. The van der Waals surface area contributed by atoms with Gasteiger partial charge in [-0.15, -0.1) is 0 Å². The van der Waals surface area contributed by atoms with E-state index in [1.807, 2.05) is 16.7 Å². The number of rotatable bonds is 1. The molecule has 0 atom stereocenters. The van der Waals surface area contributed by atoms with Gasteiger partial charge in [-0.25, -0.2) is 4.98 Å². The van der Waals surface area contributed by atoms with E-state index >= 15 is 0 Å². The van der Waals surface area contributed by atoms with Crippen molar-refractivity contribution in [1.82, 2.24) is 9.38 Å². The first-order valence-corrected chi connectivity index (χ1v) is 5.75. The van der Waals surface area contributed by atoms with Crippen molar-refractivity contribution in [1.29, 1.82) is 0 Å². The fourth-order valence-electron chi connectivity index (χ4n) is 1.91. The number of halogens is 1. The summed E-state index contributed by atoms with van der Waals surface area (Å²) in [7, 11) is 0. The zero-order valence-electron chi connectivity index (χ0n) is 9.34. The number of aromatic hydroxyl groups is 1. The van der Waals surface area contributed by atoms with Crippen molar-refractivity contribution in [3.63, 3.8) is 0 Å². The maximum Gasteiger partial charge on any atom is 0.155 e. The summed E-state index contributed by atoms with van der Waals surface area (Å²) in [6.45, 7) is 0. The molecule has 0 bridgehead atoms. The van der Waals surface area contributed by atoms with Gasteiger partial charge in [-0.05, 0) is 24.3 Å². The highest BCUT2D eigenvalue weighted by Crippen LogP contribution is 2.28. The summed E-state index contributed by atoms with van der Waals surface area (Å²) < 4.78 is 1.84. The Balaban J connectivity index is 2.30. The van der Waals surface area contributed by atoms with E-state index < -0.39 is 0 Å². The van der Waals surface area contributed by atoms with Crippen LogP contribution in [0.2, 0.25) is 5.15 Å². The van der Waals surface area contributed by atoms with E-state index in [4.69, 9.17) is 17.3 Å². The second kappa shape index (κ2) is 3.92. The monoisotopic (exact) mass is 259 g/mol. The molecule has 5 heteroatoms. The lowest BCUT2D eigenvalue weighted by atomic mass is 10.2. The summed E-state index contributed by atoms with van der Waals surface area (Å²) >= 11 is 6.09. The van der Waals surface area contributed by atoms with Gasteiger partial charge in [0.05, 0.1) is 5.52 Å². The van der Waals surface area contributed by atoms with Crippen molar-refractivity contribution < 1.29 is 5.11 Å². The van der Waals surface area contributed by atoms with E-state index in [2.05, 4.69) is 4.98 Å². The number of nitrogen functional groups attached to an aromatic ring is 1. The minimum atomic E-state index is 0.191. The molecule has 3 N–H and O–H groups in total. The summed E-state index contributed by atoms with van der Waals surface area (Å²) in [6.07, 6.45) is 1.81. The van der Waals surface area contributed by atoms with Gasteiger partial charge in [0, 0.05) is 17.4 Å². The Morgan fingerprint density at radius 2 is 2.06 bits per heavy atom. The van der Waals surface area contributed by atoms with Crippen molar-refractivity contribution in [2.75, 3.05) is 5.73 Å². The quantitative estimate of drug-likeness (QED) is 0.706. The van der Waals surface area contributed by atoms with Gasteiger partial charge in [-0.1, -0.05) is 23.7 Å². The smallest absolute Gasteiger partial charge is 0.155 e. The molecule has 4 nitrogen and oxygen atoms in total. The third kappa shape index (κ3) is 1.67. The minimum absolute atomic E-state index is 0.191. The van der Waals surface area contributed by atoms with E-state index in [-0.39, 0.29) is 5.75 Å². The third-order valence-corrected chi connectivity index (χ3v) is 3.01. The standard InChI is InChI=1S/C13H10ClN3O/c14-12-11-7-9(15)4-5-17(11)13(16-12)8-2-1-3-10(18)6-8/h1-7,18H,15H2. The van der Waals surface area contributed by atoms with Gasteiger partial charge in [0.15, 0.2) is 5.15 Å². The molecule has 0 amide bonds. The molecule has 0 aliphatic rings. The van der Waals surface area contributed by atoms with Gasteiger partial charge in [-0.3, -0.25) is 4.40 Å². The number of imidazole rings is 1. The van der Waals surface area contributed by atoms with Crippen LogP contribution in [-0.4, -0.2) is 14.5 Å². The normalized spacial score (nSPS) is 10.9. The van der Waals surface area contributed by atoms with Crippen LogP contribution in [0.5, 0.6) is 5.75 Å². The van der Waals surface area contributed by atoms with Crippen LogP contribution in [0, 0.1) is 0 Å². The maximum atomic E-state index is 9.51. The van der Waals surface area contributed by atoms with Gasteiger partial charge in [0.25, 0.3) is 0 Å². The average molecular weight is 260 g/mol. The van der Waals surface area contributed by atoms with Crippen LogP contribution < -0.4 is 5.73 Å². The van der Waals surface area contributed by atoms with Gasteiger partial charge in [0.2, 0.25) is 0 Å². The Hall–Kier alpha value is -2.20. The highest BCUT2D eigenvalue weighted by molar-refractivity contribution is 6.33. The second-order valence-electron chi connectivity index (χ2n) is 3.99. The summed E-state index contributed by atoms with van der Waals surface area (Å²) in [5, 5.41) is 9.90. The number of pyridine rings is 1. The van der Waals surface area contributed by atoms with Gasteiger partial charge in [0.1, 0.15) is 11.6 Å². The number of hydrogen-bond donors (Lipinski definition) is 2. The third-order valence-electron chi connectivity index (χ3n) is 2.73. The highest BCUT2D eigenvalue weighted by atomic mass is 35.5. The van der Waals surface area contributed by atoms with Crippen molar-refractivity contribution in [2.24, 2.45) is 0 Å². The first-order chi connectivity index (χ1) is 8.65. The van der Waals surface area contributed by atoms with Crippen LogP contribution in [0.3, 0.4) is 0 Å². The number of phenolic OH excluding ortho intramolecular Hbond substituents is 1. The molecule has 0 saturated heterocycles.